The second kappa shape index (κ2) is 8.74. The molecule has 1 aromatic carbocycles. The van der Waals surface area contributed by atoms with Crippen LogP contribution in [-0.4, -0.2) is 27.2 Å². The summed E-state index contributed by atoms with van der Waals surface area (Å²) in [5.74, 6) is 1.45. The van der Waals surface area contributed by atoms with Crippen molar-refractivity contribution in [2.45, 2.75) is 71.3 Å². The largest absolute Gasteiger partial charge is 0.353 e. The van der Waals surface area contributed by atoms with E-state index in [9.17, 15) is 0 Å². The van der Waals surface area contributed by atoms with E-state index in [-0.39, 0.29) is 5.92 Å². The number of halogens is 1. The molecular weight excluding hydrogens is 380 g/mol. The molecule has 4 nitrogen and oxygen atoms in total. The predicted molar refractivity (Wildman–Crippen MR) is 121 cm³/mol. The highest BCUT2D eigenvalue weighted by molar-refractivity contribution is 6.30. The maximum atomic E-state index is 6.12. The smallest absolute Gasteiger partial charge is 0.157 e. The van der Waals surface area contributed by atoms with Crippen molar-refractivity contribution in [1.82, 2.24) is 14.6 Å². The number of fused-ring (bicyclic) bond motifs is 1. The Bertz CT molecular complexity index is 963. The summed E-state index contributed by atoms with van der Waals surface area (Å²) in [6, 6.07) is 13.2. The summed E-state index contributed by atoms with van der Waals surface area (Å²) in [5.41, 5.74) is 4.37. The SMILES string of the molecule is CCCC(c1ccc(Cl)cc1)c1cc2nc(C)cc(N3CCCCC3CC)n2n1. The maximum Gasteiger partial charge on any atom is 0.157 e. The van der Waals surface area contributed by atoms with Crippen LogP contribution in [0.15, 0.2) is 36.4 Å². The number of aryl methyl sites for hydroxylation is 1. The van der Waals surface area contributed by atoms with Gasteiger partial charge in [-0.2, -0.15) is 9.61 Å². The summed E-state index contributed by atoms with van der Waals surface area (Å²) in [6.45, 7) is 7.71. The van der Waals surface area contributed by atoms with Crippen molar-refractivity contribution in [3.05, 3.63) is 58.4 Å². The highest BCUT2D eigenvalue weighted by Gasteiger charge is 2.25. The van der Waals surface area contributed by atoms with Gasteiger partial charge >= 0.3 is 0 Å². The van der Waals surface area contributed by atoms with E-state index in [1.165, 1.54) is 37.1 Å². The van der Waals surface area contributed by atoms with E-state index in [0.717, 1.165) is 41.4 Å². The lowest BCUT2D eigenvalue weighted by atomic mass is 9.91. The van der Waals surface area contributed by atoms with Crippen LogP contribution in [0.5, 0.6) is 0 Å². The first-order chi connectivity index (χ1) is 14.1. The minimum atomic E-state index is 0.260. The van der Waals surface area contributed by atoms with Gasteiger partial charge in [-0.05, 0) is 56.7 Å². The summed E-state index contributed by atoms with van der Waals surface area (Å²) in [7, 11) is 0. The van der Waals surface area contributed by atoms with Gasteiger partial charge < -0.3 is 4.90 Å². The molecule has 0 radical (unpaired) electrons. The van der Waals surface area contributed by atoms with Gasteiger partial charge in [0, 0.05) is 41.4 Å². The minimum absolute atomic E-state index is 0.260. The molecule has 0 spiro atoms. The van der Waals surface area contributed by atoms with Gasteiger partial charge in [-0.15, -0.1) is 0 Å². The third-order valence-electron chi connectivity index (χ3n) is 6.15. The van der Waals surface area contributed by atoms with Gasteiger partial charge in [0.25, 0.3) is 0 Å². The van der Waals surface area contributed by atoms with Crippen molar-refractivity contribution < 1.29 is 0 Å². The molecule has 2 unspecified atom stereocenters. The molecule has 1 saturated heterocycles. The van der Waals surface area contributed by atoms with Crippen LogP contribution in [0, 0.1) is 6.92 Å². The minimum Gasteiger partial charge on any atom is -0.353 e. The second-order valence-corrected chi connectivity index (χ2v) is 8.68. The molecule has 2 aromatic heterocycles. The molecule has 154 valence electrons. The Balaban J connectivity index is 1.79. The molecule has 1 aliphatic heterocycles. The van der Waals surface area contributed by atoms with Gasteiger partial charge in [0.1, 0.15) is 5.82 Å². The average molecular weight is 411 g/mol. The van der Waals surface area contributed by atoms with Crippen molar-refractivity contribution in [3.63, 3.8) is 0 Å². The molecule has 3 aromatic rings. The Morgan fingerprint density at radius 3 is 2.66 bits per heavy atom. The normalized spacial score (nSPS) is 18.3. The standard InChI is InChI=1S/C24H31ClN4/c1-4-8-21(18-10-12-19(25)13-11-18)22-16-23-26-17(3)15-24(29(23)27-22)28-14-7-6-9-20(28)5-2/h10-13,15-16,20-21H,4-9,14H2,1-3H3. The maximum absolute atomic E-state index is 6.12. The Morgan fingerprint density at radius 2 is 1.93 bits per heavy atom. The molecule has 0 aliphatic carbocycles. The number of hydrogen-bond donors (Lipinski definition) is 0. The summed E-state index contributed by atoms with van der Waals surface area (Å²) < 4.78 is 2.08. The van der Waals surface area contributed by atoms with Crippen LogP contribution < -0.4 is 4.90 Å². The fourth-order valence-corrected chi connectivity index (χ4v) is 4.79. The molecule has 5 heteroatoms. The molecule has 0 saturated carbocycles. The van der Waals surface area contributed by atoms with E-state index in [4.69, 9.17) is 21.7 Å². The van der Waals surface area contributed by atoms with Crippen LogP contribution >= 0.6 is 11.6 Å². The van der Waals surface area contributed by atoms with Crippen LogP contribution in [0.2, 0.25) is 5.02 Å². The Kier molecular flexibility index (Phi) is 6.09. The number of aromatic nitrogens is 3. The number of anilines is 1. The number of hydrogen-bond acceptors (Lipinski definition) is 3. The monoisotopic (exact) mass is 410 g/mol. The molecule has 29 heavy (non-hydrogen) atoms. The van der Waals surface area contributed by atoms with E-state index >= 15 is 0 Å². The fourth-order valence-electron chi connectivity index (χ4n) is 4.67. The molecule has 0 bridgehead atoms. The van der Waals surface area contributed by atoms with Crippen molar-refractivity contribution >= 4 is 23.1 Å². The Hall–Kier alpha value is -2.07. The number of benzene rings is 1. The van der Waals surface area contributed by atoms with Crippen LogP contribution in [0.25, 0.3) is 5.65 Å². The zero-order valence-electron chi connectivity index (χ0n) is 17.7. The zero-order valence-corrected chi connectivity index (χ0v) is 18.5. The molecule has 2 atom stereocenters. The highest BCUT2D eigenvalue weighted by Crippen LogP contribution is 2.32. The average Bonchev–Trinajstić information content (AvgIpc) is 3.15. The van der Waals surface area contributed by atoms with Gasteiger partial charge in [0.2, 0.25) is 0 Å². The van der Waals surface area contributed by atoms with E-state index < -0.39 is 0 Å². The van der Waals surface area contributed by atoms with Crippen molar-refractivity contribution in [2.75, 3.05) is 11.4 Å². The van der Waals surface area contributed by atoms with E-state index in [0.29, 0.717) is 6.04 Å². The van der Waals surface area contributed by atoms with Crippen molar-refractivity contribution in [1.29, 1.82) is 0 Å². The first-order valence-corrected chi connectivity index (χ1v) is 11.4. The van der Waals surface area contributed by atoms with E-state index in [1.807, 2.05) is 12.1 Å². The van der Waals surface area contributed by atoms with Crippen molar-refractivity contribution in [3.8, 4) is 0 Å². The van der Waals surface area contributed by atoms with Gasteiger partial charge in [0.05, 0.1) is 5.69 Å². The summed E-state index contributed by atoms with van der Waals surface area (Å²) >= 11 is 6.12. The quantitative estimate of drug-likeness (QED) is 0.471. The van der Waals surface area contributed by atoms with E-state index in [2.05, 4.69) is 54.5 Å². The lowest BCUT2D eigenvalue weighted by Crippen LogP contribution is -2.40. The molecule has 3 heterocycles. The Labute approximate surface area is 178 Å². The third-order valence-corrected chi connectivity index (χ3v) is 6.41. The summed E-state index contributed by atoms with van der Waals surface area (Å²) in [6.07, 6.45) is 7.15. The van der Waals surface area contributed by atoms with Crippen LogP contribution in [0.3, 0.4) is 0 Å². The molecule has 0 amide bonds. The lowest BCUT2D eigenvalue weighted by molar-refractivity contribution is 0.443. The fraction of sp³-hybridized carbons (Fsp3) is 0.500. The number of piperidine rings is 1. The van der Waals surface area contributed by atoms with Gasteiger partial charge in [0.15, 0.2) is 5.65 Å². The highest BCUT2D eigenvalue weighted by atomic mass is 35.5. The topological polar surface area (TPSA) is 33.4 Å². The number of nitrogens with zero attached hydrogens (tertiary/aromatic N) is 4. The summed E-state index contributed by atoms with van der Waals surface area (Å²) in [4.78, 5) is 7.36. The van der Waals surface area contributed by atoms with Crippen LogP contribution in [-0.2, 0) is 0 Å². The molecule has 0 N–H and O–H groups in total. The van der Waals surface area contributed by atoms with E-state index in [1.54, 1.807) is 0 Å². The van der Waals surface area contributed by atoms with Crippen LogP contribution in [0.1, 0.15) is 75.2 Å². The van der Waals surface area contributed by atoms with Gasteiger partial charge in [-0.1, -0.05) is 44.0 Å². The van der Waals surface area contributed by atoms with Crippen LogP contribution in [0.4, 0.5) is 5.82 Å². The van der Waals surface area contributed by atoms with Gasteiger partial charge in [-0.3, -0.25) is 0 Å². The first-order valence-electron chi connectivity index (χ1n) is 11.0. The predicted octanol–water partition coefficient (Wildman–Crippen LogP) is 6.39. The van der Waals surface area contributed by atoms with Gasteiger partial charge in [-0.25, -0.2) is 4.98 Å². The molecule has 4 rings (SSSR count). The number of rotatable bonds is 6. The second-order valence-electron chi connectivity index (χ2n) is 8.24. The lowest BCUT2D eigenvalue weighted by Gasteiger charge is -2.37. The first kappa shape index (κ1) is 20.2. The Morgan fingerprint density at radius 1 is 1.14 bits per heavy atom. The summed E-state index contributed by atoms with van der Waals surface area (Å²) in [5, 5.41) is 5.87. The molecule has 1 aliphatic rings. The molecular formula is C24H31ClN4. The van der Waals surface area contributed by atoms with Crippen molar-refractivity contribution in [2.24, 2.45) is 0 Å². The third kappa shape index (κ3) is 4.13. The molecule has 1 fully saturated rings. The zero-order chi connectivity index (χ0) is 20.4.